The molecule has 0 heterocycles. The van der Waals surface area contributed by atoms with E-state index in [1.165, 1.54) is 60.5 Å². The number of likely N-dealkylation sites (N-methyl/N-ethyl adjacent to an activating group) is 1. The van der Waals surface area contributed by atoms with Gasteiger partial charge in [0.15, 0.2) is 0 Å². The number of amides is 2. The fourth-order valence-corrected chi connectivity index (χ4v) is 5.16. The SMILES string of the molecule is CC(C)CNC(=O)[C@@H](Cc1ccccc1)N(Cc1ccc(F)cc1)C(=O)CN(C)S(=O)(=O)c1ccc(Cl)cc1. The van der Waals surface area contributed by atoms with E-state index in [0.717, 1.165) is 9.87 Å². The second-order valence-corrected chi connectivity index (χ2v) is 12.2. The molecule has 0 aliphatic carbocycles. The summed E-state index contributed by atoms with van der Waals surface area (Å²) in [6, 6.07) is 19.6. The predicted octanol–water partition coefficient (Wildman–Crippen LogP) is 4.51. The van der Waals surface area contributed by atoms with Crippen molar-refractivity contribution in [3.8, 4) is 0 Å². The number of rotatable bonds is 12. The van der Waals surface area contributed by atoms with Crippen molar-refractivity contribution in [1.29, 1.82) is 0 Å². The summed E-state index contributed by atoms with van der Waals surface area (Å²) >= 11 is 5.90. The van der Waals surface area contributed by atoms with Gasteiger partial charge in [0.05, 0.1) is 11.4 Å². The molecule has 0 unspecified atom stereocenters. The number of nitrogens with zero attached hydrogens (tertiary/aromatic N) is 2. The number of carbonyl (C=O) groups excluding carboxylic acids is 2. The first-order valence-electron chi connectivity index (χ1n) is 12.5. The Labute approximate surface area is 234 Å². The van der Waals surface area contributed by atoms with Crippen LogP contribution in [0.4, 0.5) is 4.39 Å². The Balaban J connectivity index is 1.96. The highest BCUT2D eigenvalue weighted by Crippen LogP contribution is 2.20. The molecule has 1 atom stereocenters. The van der Waals surface area contributed by atoms with Crippen LogP contribution in [0, 0.1) is 11.7 Å². The minimum absolute atomic E-state index is 0.0113. The van der Waals surface area contributed by atoms with E-state index < -0.39 is 34.3 Å². The van der Waals surface area contributed by atoms with Crippen LogP contribution in [0.5, 0.6) is 0 Å². The zero-order valence-corrected chi connectivity index (χ0v) is 23.8. The van der Waals surface area contributed by atoms with Gasteiger partial charge >= 0.3 is 0 Å². The smallest absolute Gasteiger partial charge is 0.243 e. The predicted molar refractivity (Wildman–Crippen MR) is 150 cm³/mol. The van der Waals surface area contributed by atoms with E-state index in [4.69, 9.17) is 11.6 Å². The van der Waals surface area contributed by atoms with Gasteiger partial charge in [-0.1, -0.05) is 67.9 Å². The van der Waals surface area contributed by atoms with E-state index in [1.54, 1.807) is 0 Å². The Morgan fingerprint density at radius 3 is 2.13 bits per heavy atom. The minimum atomic E-state index is -4.01. The van der Waals surface area contributed by atoms with Gasteiger partial charge in [-0.15, -0.1) is 0 Å². The maximum atomic E-state index is 13.8. The third kappa shape index (κ3) is 8.61. The number of sulfonamides is 1. The molecule has 0 spiro atoms. The largest absolute Gasteiger partial charge is 0.354 e. The monoisotopic (exact) mass is 573 g/mol. The lowest BCUT2D eigenvalue weighted by Crippen LogP contribution is -2.53. The number of halogens is 2. The molecular weight excluding hydrogens is 541 g/mol. The molecule has 0 aliphatic heterocycles. The molecule has 0 radical (unpaired) electrons. The summed E-state index contributed by atoms with van der Waals surface area (Å²) in [6.45, 7) is 3.82. The van der Waals surface area contributed by atoms with Crippen molar-refractivity contribution < 1.29 is 22.4 Å². The molecule has 7 nitrogen and oxygen atoms in total. The fourth-order valence-electron chi connectivity index (χ4n) is 3.92. The van der Waals surface area contributed by atoms with Crippen molar-refractivity contribution in [3.63, 3.8) is 0 Å². The van der Waals surface area contributed by atoms with Gasteiger partial charge in [0.2, 0.25) is 21.8 Å². The van der Waals surface area contributed by atoms with E-state index in [-0.39, 0.29) is 29.7 Å². The van der Waals surface area contributed by atoms with Crippen molar-refractivity contribution in [2.45, 2.75) is 37.8 Å². The summed E-state index contributed by atoms with van der Waals surface area (Å²) in [4.78, 5) is 28.6. The van der Waals surface area contributed by atoms with Crippen molar-refractivity contribution in [2.75, 3.05) is 20.1 Å². The standard InChI is InChI=1S/C29H33ClFN3O4S/c1-21(2)18-32-29(36)27(17-22-7-5-4-6-8-22)34(19-23-9-13-25(31)14-10-23)28(35)20-33(3)39(37,38)26-15-11-24(30)12-16-26/h4-16,21,27H,17-20H2,1-3H3,(H,32,36)/t27-/m1/s1. The van der Waals surface area contributed by atoms with Gasteiger partial charge in [-0.05, 0) is 53.4 Å². The van der Waals surface area contributed by atoms with Crippen LogP contribution in [0.2, 0.25) is 5.02 Å². The van der Waals surface area contributed by atoms with Crippen molar-refractivity contribution in [3.05, 3.63) is 101 Å². The summed E-state index contributed by atoms with van der Waals surface area (Å²) in [6.07, 6.45) is 0.214. The number of hydrogen-bond donors (Lipinski definition) is 1. The summed E-state index contributed by atoms with van der Waals surface area (Å²) in [7, 11) is -2.70. The summed E-state index contributed by atoms with van der Waals surface area (Å²) in [5.74, 6) is -1.17. The number of hydrogen-bond acceptors (Lipinski definition) is 4. The van der Waals surface area contributed by atoms with Gasteiger partial charge in [-0.2, -0.15) is 4.31 Å². The molecule has 2 amide bonds. The zero-order chi connectivity index (χ0) is 28.6. The molecule has 0 fully saturated rings. The average molecular weight is 574 g/mol. The van der Waals surface area contributed by atoms with Crippen molar-refractivity contribution >= 4 is 33.4 Å². The van der Waals surface area contributed by atoms with E-state index >= 15 is 0 Å². The summed E-state index contributed by atoms with van der Waals surface area (Å²) in [5, 5.41) is 3.29. The Hall–Kier alpha value is -3.27. The highest BCUT2D eigenvalue weighted by molar-refractivity contribution is 7.89. The van der Waals surface area contributed by atoms with Gasteiger partial charge < -0.3 is 10.2 Å². The zero-order valence-electron chi connectivity index (χ0n) is 22.2. The maximum Gasteiger partial charge on any atom is 0.243 e. The second kappa shape index (κ2) is 13.7. The molecule has 10 heteroatoms. The fraction of sp³-hybridized carbons (Fsp3) is 0.310. The Bertz CT molecular complexity index is 1350. The lowest BCUT2D eigenvalue weighted by Gasteiger charge is -2.33. The number of benzene rings is 3. The molecule has 39 heavy (non-hydrogen) atoms. The third-order valence-electron chi connectivity index (χ3n) is 6.10. The van der Waals surface area contributed by atoms with Crippen LogP contribution in [0.3, 0.4) is 0 Å². The van der Waals surface area contributed by atoms with E-state index in [2.05, 4.69) is 5.32 Å². The van der Waals surface area contributed by atoms with Crippen LogP contribution in [0.25, 0.3) is 0 Å². The Morgan fingerprint density at radius 1 is 0.923 bits per heavy atom. The topological polar surface area (TPSA) is 86.8 Å². The summed E-state index contributed by atoms with van der Waals surface area (Å²) < 4.78 is 40.9. The number of carbonyl (C=O) groups is 2. The Morgan fingerprint density at radius 2 is 1.54 bits per heavy atom. The molecule has 0 saturated heterocycles. The van der Waals surface area contributed by atoms with Crippen LogP contribution in [0.1, 0.15) is 25.0 Å². The van der Waals surface area contributed by atoms with Crippen LogP contribution < -0.4 is 5.32 Å². The molecule has 0 saturated carbocycles. The van der Waals surface area contributed by atoms with Gasteiger partial charge in [-0.25, -0.2) is 12.8 Å². The lowest BCUT2D eigenvalue weighted by molar-refractivity contribution is -0.141. The molecule has 3 aromatic rings. The second-order valence-electron chi connectivity index (χ2n) is 9.71. The molecule has 1 N–H and O–H groups in total. The van der Waals surface area contributed by atoms with Crippen LogP contribution in [-0.2, 0) is 32.6 Å². The molecule has 3 rings (SSSR count). The summed E-state index contributed by atoms with van der Waals surface area (Å²) in [5.41, 5.74) is 1.43. The first-order valence-corrected chi connectivity index (χ1v) is 14.4. The van der Waals surface area contributed by atoms with E-state index in [9.17, 15) is 22.4 Å². The lowest BCUT2D eigenvalue weighted by atomic mass is 10.0. The van der Waals surface area contributed by atoms with Gasteiger partial charge in [0.25, 0.3) is 0 Å². The van der Waals surface area contributed by atoms with Crippen molar-refractivity contribution in [1.82, 2.24) is 14.5 Å². The maximum absolute atomic E-state index is 13.8. The molecule has 0 bridgehead atoms. The van der Waals surface area contributed by atoms with Gasteiger partial charge in [0, 0.05) is 31.6 Å². The first kappa shape index (κ1) is 30.3. The van der Waals surface area contributed by atoms with Crippen molar-refractivity contribution in [2.24, 2.45) is 5.92 Å². The molecule has 0 aromatic heterocycles. The van der Waals surface area contributed by atoms with Gasteiger partial charge in [0.1, 0.15) is 11.9 Å². The first-order chi connectivity index (χ1) is 18.5. The highest BCUT2D eigenvalue weighted by atomic mass is 35.5. The van der Waals surface area contributed by atoms with Crippen LogP contribution in [-0.4, -0.2) is 55.6 Å². The minimum Gasteiger partial charge on any atom is -0.354 e. The average Bonchev–Trinajstić information content (AvgIpc) is 2.91. The normalized spacial score (nSPS) is 12.4. The Kier molecular flexibility index (Phi) is 10.6. The number of nitrogens with one attached hydrogen (secondary N) is 1. The third-order valence-corrected chi connectivity index (χ3v) is 8.17. The molecular formula is C29H33ClFN3O4S. The van der Waals surface area contributed by atoms with Gasteiger partial charge in [-0.3, -0.25) is 9.59 Å². The highest BCUT2D eigenvalue weighted by Gasteiger charge is 2.33. The van der Waals surface area contributed by atoms with E-state index in [1.807, 2.05) is 44.2 Å². The van der Waals surface area contributed by atoms with Crippen LogP contribution >= 0.6 is 11.6 Å². The quantitative estimate of drug-likeness (QED) is 0.345. The molecule has 3 aromatic carbocycles. The van der Waals surface area contributed by atoms with E-state index in [0.29, 0.717) is 17.1 Å². The molecule has 0 aliphatic rings. The molecule has 208 valence electrons. The van der Waals surface area contributed by atoms with Crippen LogP contribution in [0.15, 0.2) is 83.8 Å².